The maximum absolute atomic E-state index is 13.3. The first-order valence-electron chi connectivity index (χ1n) is 9.38. The summed E-state index contributed by atoms with van der Waals surface area (Å²) in [6, 6.07) is 6.12. The molecule has 0 aliphatic carbocycles. The minimum atomic E-state index is -0.682. The van der Waals surface area contributed by atoms with E-state index >= 15 is 0 Å². The highest BCUT2D eigenvalue weighted by atomic mass is 19.1. The van der Waals surface area contributed by atoms with Crippen LogP contribution in [0.3, 0.4) is 0 Å². The molecule has 0 saturated heterocycles. The largest absolute Gasteiger partial charge is 0.382 e. The van der Waals surface area contributed by atoms with Gasteiger partial charge in [0.2, 0.25) is 6.10 Å². The zero-order valence-electron chi connectivity index (χ0n) is 15.0. The van der Waals surface area contributed by atoms with Crippen LogP contribution in [0.25, 0.3) is 0 Å². The lowest BCUT2D eigenvalue weighted by molar-refractivity contribution is -0.131. The molecule has 0 spiro atoms. The third kappa shape index (κ3) is 3.99. The van der Waals surface area contributed by atoms with Crippen LogP contribution >= 0.6 is 0 Å². The van der Waals surface area contributed by atoms with Crippen LogP contribution in [-0.4, -0.2) is 39.0 Å². The lowest BCUT2D eigenvalue weighted by Crippen LogP contribution is -2.36. The topological polar surface area (TPSA) is 81.4 Å². The van der Waals surface area contributed by atoms with Gasteiger partial charge in [0.05, 0.1) is 5.71 Å². The van der Waals surface area contributed by atoms with Crippen molar-refractivity contribution in [1.82, 2.24) is 20.1 Å². The van der Waals surface area contributed by atoms with Crippen LogP contribution in [0, 0.1) is 5.82 Å². The highest BCUT2D eigenvalue weighted by Crippen LogP contribution is 2.18. The Morgan fingerprint density at radius 3 is 3.11 bits per heavy atom. The molecule has 142 valence electrons. The Kier molecular flexibility index (Phi) is 5.13. The number of carbonyl (C=O) groups excluding carboxylic acids is 1. The van der Waals surface area contributed by atoms with Gasteiger partial charge >= 0.3 is 0 Å². The zero-order valence-corrected chi connectivity index (χ0v) is 15.0. The number of benzene rings is 1. The molecule has 0 fully saturated rings. The predicted octanol–water partition coefficient (Wildman–Crippen LogP) is 2.00. The molecule has 7 nitrogen and oxygen atoms in total. The number of amides is 1. The fraction of sp³-hybridized carbons (Fsp3) is 0.474. The average molecular weight is 371 g/mol. The molecule has 4 rings (SSSR count). The van der Waals surface area contributed by atoms with Crippen LogP contribution < -0.4 is 5.32 Å². The Morgan fingerprint density at radius 1 is 1.30 bits per heavy atom. The lowest BCUT2D eigenvalue weighted by atomic mass is 10.0. The van der Waals surface area contributed by atoms with Crippen molar-refractivity contribution in [3.63, 3.8) is 0 Å². The maximum Gasteiger partial charge on any atom is 0.264 e. The Labute approximate surface area is 156 Å². The molecule has 1 aromatic heterocycles. The molecule has 2 aliphatic rings. The van der Waals surface area contributed by atoms with E-state index in [1.54, 1.807) is 12.1 Å². The van der Waals surface area contributed by atoms with Crippen molar-refractivity contribution in [3.05, 3.63) is 47.3 Å². The summed E-state index contributed by atoms with van der Waals surface area (Å²) in [6.07, 6.45) is 4.75. The van der Waals surface area contributed by atoms with Crippen molar-refractivity contribution < 1.29 is 14.0 Å². The van der Waals surface area contributed by atoms with E-state index in [0.29, 0.717) is 30.7 Å². The second kappa shape index (κ2) is 7.85. The van der Waals surface area contributed by atoms with E-state index in [-0.39, 0.29) is 11.7 Å². The quantitative estimate of drug-likeness (QED) is 0.872. The summed E-state index contributed by atoms with van der Waals surface area (Å²) < 4.78 is 15.5. The van der Waals surface area contributed by atoms with E-state index in [9.17, 15) is 9.18 Å². The molecule has 0 bridgehead atoms. The summed E-state index contributed by atoms with van der Waals surface area (Å²) in [7, 11) is 0. The average Bonchev–Trinajstić information content (AvgIpc) is 3.24. The molecule has 1 atom stereocenters. The first-order valence-corrected chi connectivity index (χ1v) is 9.38. The van der Waals surface area contributed by atoms with Crippen molar-refractivity contribution in [3.8, 4) is 0 Å². The van der Waals surface area contributed by atoms with Crippen LogP contribution in [0.2, 0.25) is 0 Å². The Hall–Kier alpha value is -2.77. The highest BCUT2D eigenvalue weighted by molar-refractivity contribution is 6.04. The first kappa shape index (κ1) is 17.6. The maximum atomic E-state index is 13.3. The number of carbonyl (C=O) groups is 1. The molecule has 8 heteroatoms. The minimum absolute atomic E-state index is 0.222. The smallest absolute Gasteiger partial charge is 0.264 e. The van der Waals surface area contributed by atoms with Gasteiger partial charge in [-0.15, -0.1) is 10.2 Å². The van der Waals surface area contributed by atoms with Crippen LogP contribution in [0.5, 0.6) is 0 Å². The van der Waals surface area contributed by atoms with Crippen molar-refractivity contribution in [2.45, 2.75) is 51.2 Å². The van der Waals surface area contributed by atoms with Gasteiger partial charge in [-0.2, -0.15) is 0 Å². The summed E-state index contributed by atoms with van der Waals surface area (Å²) in [5.41, 5.74) is 1.22. The summed E-state index contributed by atoms with van der Waals surface area (Å²) in [5, 5.41) is 15.3. The number of nitrogens with zero attached hydrogens (tertiary/aromatic N) is 4. The third-order valence-corrected chi connectivity index (χ3v) is 4.95. The van der Waals surface area contributed by atoms with Crippen LogP contribution in [0.1, 0.15) is 42.9 Å². The van der Waals surface area contributed by atoms with E-state index in [1.165, 1.54) is 18.6 Å². The van der Waals surface area contributed by atoms with Crippen molar-refractivity contribution in [2.75, 3.05) is 6.54 Å². The zero-order chi connectivity index (χ0) is 18.6. The summed E-state index contributed by atoms with van der Waals surface area (Å²) in [6.45, 7) is 1.41. The Balaban J connectivity index is 1.28. The van der Waals surface area contributed by atoms with Gasteiger partial charge in [-0.05, 0) is 25.0 Å². The summed E-state index contributed by atoms with van der Waals surface area (Å²) in [4.78, 5) is 17.6. The highest BCUT2D eigenvalue weighted by Gasteiger charge is 2.28. The molecule has 1 N–H and O–H groups in total. The summed E-state index contributed by atoms with van der Waals surface area (Å²) >= 11 is 0. The van der Waals surface area contributed by atoms with Crippen molar-refractivity contribution >= 4 is 11.6 Å². The fourth-order valence-corrected chi connectivity index (χ4v) is 3.50. The first-order chi connectivity index (χ1) is 13.2. The van der Waals surface area contributed by atoms with Gasteiger partial charge < -0.3 is 14.7 Å². The number of halogens is 1. The number of oxime groups is 1. The van der Waals surface area contributed by atoms with Crippen LogP contribution in [-0.2, 0) is 29.0 Å². The molecule has 1 amide bonds. The molecule has 0 radical (unpaired) electrons. The van der Waals surface area contributed by atoms with Gasteiger partial charge in [-0.3, -0.25) is 4.79 Å². The van der Waals surface area contributed by atoms with Crippen molar-refractivity contribution in [2.24, 2.45) is 5.16 Å². The third-order valence-electron chi connectivity index (χ3n) is 4.95. The summed E-state index contributed by atoms with van der Waals surface area (Å²) in [5.74, 6) is 1.40. The monoisotopic (exact) mass is 371 g/mol. The predicted molar refractivity (Wildman–Crippen MR) is 96.7 cm³/mol. The van der Waals surface area contributed by atoms with Gasteiger partial charge in [-0.1, -0.05) is 23.7 Å². The number of rotatable bonds is 5. The molecule has 1 unspecified atom stereocenters. The van der Waals surface area contributed by atoms with Gasteiger partial charge in [0.15, 0.2) is 0 Å². The van der Waals surface area contributed by atoms with E-state index in [0.717, 1.165) is 37.5 Å². The number of hydrogen-bond acceptors (Lipinski definition) is 5. The van der Waals surface area contributed by atoms with Crippen LogP contribution in [0.15, 0.2) is 29.4 Å². The fourth-order valence-electron chi connectivity index (χ4n) is 3.50. The molecule has 2 aliphatic heterocycles. The molecule has 27 heavy (non-hydrogen) atoms. The molecule has 2 aromatic rings. The van der Waals surface area contributed by atoms with E-state index < -0.39 is 6.10 Å². The number of aryl methyl sites for hydroxylation is 1. The Bertz CT molecular complexity index is 864. The number of fused-ring (bicyclic) bond motifs is 1. The molecule has 1 aromatic carbocycles. The van der Waals surface area contributed by atoms with E-state index in [1.807, 2.05) is 0 Å². The minimum Gasteiger partial charge on any atom is -0.382 e. The molecule has 0 saturated carbocycles. The van der Waals surface area contributed by atoms with Gasteiger partial charge in [-0.25, -0.2) is 4.39 Å². The molecular weight excluding hydrogens is 349 g/mol. The number of nitrogens with one attached hydrogen (secondary N) is 1. The standard InChI is InChI=1S/C19H22FN5O2/c20-14-6-4-5-13(11-14)15-12-16(27-24-15)19(26)21-9-8-18-23-22-17-7-2-1-3-10-25(17)18/h4-6,11,16H,1-3,7-10,12H2,(H,21,26). The van der Waals surface area contributed by atoms with Gasteiger partial charge in [0.1, 0.15) is 17.5 Å². The van der Waals surface area contributed by atoms with Crippen molar-refractivity contribution in [1.29, 1.82) is 0 Å². The van der Waals surface area contributed by atoms with E-state index in [4.69, 9.17) is 4.84 Å². The SMILES string of the molecule is O=C(NCCc1nnc2n1CCCCC2)C1CC(c2cccc(F)c2)=NO1. The lowest BCUT2D eigenvalue weighted by Gasteiger charge is -2.10. The van der Waals surface area contributed by atoms with Gasteiger partial charge in [0.25, 0.3) is 5.91 Å². The second-order valence-corrected chi connectivity index (χ2v) is 6.88. The molecule has 3 heterocycles. The second-order valence-electron chi connectivity index (χ2n) is 6.88. The van der Waals surface area contributed by atoms with Crippen LogP contribution in [0.4, 0.5) is 4.39 Å². The number of aromatic nitrogens is 3. The van der Waals surface area contributed by atoms with Gasteiger partial charge in [0, 0.05) is 37.9 Å². The molecular formula is C19H22FN5O2. The van der Waals surface area contributed by atoms with E-state index in [2.05, 4.69) is 25.2 Å². The number of hydrogen-bond donors (Lipinski definition) is 1. The Morgan fingerprint density at radius 2 is 2.22 bits per heavy atom. The normalized spacial score (nSPS) is 19.0.